The van der Waals surface area contributed by atoms with Gasteiger partial charge in [0, 0.05) is 31.3 Å². The highest BCUT2D eigenvalue weighted by molar-refractivity contribution is 7.88. The monoisotopic (exact) mass is 615 g/mol. The molecule has 0 radical (unpaired) electrons. The molecule has 2 aliphatic rings. The van der Waals surface area contributed by atoms with E-state index in [0.29, 0.717) is 15.4 Å². The Morgan fingerprint density at radius 2 is 1.81 bits per heavy atom. The third kappa shape index (κ3) is 6.15. The molecule has 1 unspecified atom stereocenters. The van der Waals surface area contributed by atoms with Crippen molar-refractivity contribution in [3.8, 4) is 0 Å². The number of aryl methyl sites for hydroxylation is 1. The number of carbonyl (C=O) groups is 4. The predicted octanol–water partition coefficient (Wildman–Crippen LogP) is 2.51. The van der Waals surface area contributed by atoms with Crippen LogP contribution in [-0.4, -0.2) is 68.0 Å². The topological polar surface area (TPSA) is 154 Å². The lowest BCUT2D eigenvalue weighted by Crippen LogP contribution is -2.51. The summed E-state index contributed by atoms with van der Waals surface area (Å²) >= 11 is 0. The fraction of sp³-hybridized carbons (Fsp3) is 0.360. The normalized spacial score (nSPS) is 19.0. The molecule has 3 N–H and O–H groups in total. The summed E-state index contributed by atoms with van der Waals surface area (Å²) in [7, 11) is -2.97. The van der Waals surface area contributed by atoms with Crippen LogP contribution in [0.5, 0.6) is 0 Å². The number of ether oxygens (including phenoxy) is 1. The summed E-state index contributed by atoms with van der Waals surface area (Å²) in [5.41, 5.74) is -0.755. The van der Waals surface area contributed by atoms with E-state index in [1.54, 1.807) is 4.72 Å². The van der Waals surface area contributed by atoms with Crippen molar-refractivity contribution in [2.24, 2.45) is 0 Å². The van der Waals surface area contributed by atoms with Gasteiger partial charge >= 0.3 is 28.5 Å². The number of imide groups is 1. The molecule has 1 spiro atoms. The molecule has 4 rings (SSSR count). The van der Waals surface area contributed by atoms with Crippen LogP contribution in [0.4, 0.5) is 32.8 Å². The molecule has 2 aromatic carbocycles. The molecular weight excluding hydrogens is 590 g/mol. The summed E-state index contributed by atoms with van der Waals surface area (Å²) in [6.45, 7) is -0.847. The molecule has 0 aromatic heterocycles. The lowest BCUT2D eigenvalue weighted by atomic mass is 9.94. The van der Waals surface area contributed by atoms with Crippen LogP contribution >= 0.6 is 0 Å². The number of alkyl halides is 3. The number of nitrogens with one attached hydrogen (secondary N) is 3. The number of benzene rings is 2. The molecule has 1 heterocycles. The highest BCUT2D eigenvalue weighted by Crippen LogP contribution is 2.46. The summed E-state index contributed by atoms with van der Waals surface area (Å²) in [5.74, 6) is -2.76. The average molecular weight is 616 g/mol. The Bertz CT molecular complexity index is 1530. The van der Waals surface area contributed by atoms with Gasteiger partial charge in [0.25, 0.3) is 5.91 Å². The number of carbonyl (C=O) groups excluding carboxylic acids is 4. The van der Waals surface area contributed by atoms with Crippen molar-refractivity contribution in [2.45, 2.75) is 44.1 Å². The Balaban J connectivity index is 1.53. The quantitative estimate of drug-likeness (QED) is 0.386. The number of nitrogens with zero attached hydrogens (tertiary/aromatic N) is 2. The van der Waals surface area contributed by atoms with Gasteiger partial charge in [0.1, 0.15) is 18.4 Å². The predicted molar refractivity (Wildman–Crippen MR) is 137 cm³/mol. The van der Waals surface area contributed by atoms with Gasteiger partial charge in [-0.15, -0.1) is 0 Å². The van der Waals surface area contributed by atoms with Gasteiger partial charge < -0.3 is 15.0 Å². The first kappa shape index (κ1) is 30.7. The Kier molecular flexibility index (Phi) is 8.19. The summed E-state index contributed by atoms with van der Waals surface area (Å²) in [4.78, 5) is 52.2. The van der Waals surface area contributed by atoms with Gasteiger partial charge in [-0.3, -0.25) is 9.59 Å². The van der Waals surface area contributed by atoms with Crippen molar-refractivity contribution < 1.29 is 49.9 Å². The van der Waals surface area contributed by atoms with E-state index in [2.05, 4.69) is 5.32 Å². The summed E-state index contributed by atoms with van der Waals surface area (Å²) in [6, 6.07) is 5.28. The molecule has 0 saturated carbocycles. The first-order valence-corrected chi connectivity index (χ1v) is 13.9. The van der Waals surface area contributed by atoms with Crippen molar-refractivity contribution in [3.05, 3.63) is 65.0 Å². The molecule has 1 aliphatic carbocycles. The Hall–Kier alpha value is -4.25. The maximum atomic E-state index is 13.6. The van der Waals surface area contributed by atoms with E-state index in [4.69, 9.17) is 4.74 Å². The van der Waals surface area contributed by atoms with Crippen LogP contribution in [0.3, 0.4) is 0 Å². The SMILES string of the molecule is CNS(=O)(=O)NC(=O)Nc1ccc2c(c1)CCC21OC(=O)N(CC(=O)N(Cc2ccc(F)cc2)[C@@H](C)C(F)(F)F)C1=O. The van der Waals surface area contributed by atoms with Gasteiger partial charge in [0.05, 0.1) is 0 Å². The molecule has 1 fully saturated rings. The molecule has 226 valence electrons. The summed E-state index contributed by atoms with van der Waals surface area (Å²) < 4.78 is 86.2. The first-order valence-electron chi connectivity index (χ1n) is 12.4. The van der Waals surface area contributed by atoms with Gasteiger partial charge in [-0.1, -0.05) is 18.2 Å². The number of amides is 5. The van der Waals surface area contributed by atoms with Crippen molar-refractivity contribution in [2.75, 3.05) is 18.9 Å². The minimum Gasteiger partial charge on any atom is -0.427 e. The minimum atomic E-state index is -4.84. The molecule has 2 aromatic rings. The standard InChI is InChI=1S/C25H25F4N5O7S/c1-14(25(27,28)29)33(12-15-3-5-17(26)6-4-15)20(35)13-34-21(36)24(41-23(34)38)10-9-16-11-18(7-8-19(16)24)31-22(37)32-42(39,40)30-2/h3-8,11,14,30H,9-10,12-13H2,1-2H3,(H2,31,32,37)/t14-,24?/m0/s1. The van der Waals surface area contributed by atoms with E-state index in [0.717, 1.165) is 26.1 Å². The molecule has 0 bridgehead atoms. The van der Waals surface area contributed by atoms with E-state index in [-0.39, 0.29) is 29.7 Å². The van der Waals surface area contributed by atoms with Crippen molar-refractivity contribution in [3.63, 3.8) is 0 Å². The Morgan fingerprint density at radius 1 is 1.14 bits per heavy atom. The van der Waals surface area contributed by atoms with Crippen LogP contribution in [0.2, 0.25) is 0 Å². The number of hydrogen-bond donors (Lipinski definition) is 3. The lowest BCUT2D eigenvalue weighted by molar-refractivity contribution is -0.187. The third-order valence-electron chi connectivity index (χ3n) is 6.93. The number of halogens is 4. The van der Waals surface area contributed by atoms with Crippen LogP contribution in [0, 0.1) is 5.82 Å². The van der Waals surface area contributed by atoms with Gasteiger partial charge in [0.15, 0.2) is 0 Å². The maximum absolute atomic E-state index is 13.6. The number of fused-ring (bicyclic) bond motifs is 2. The van der Waals surface area contributed by atoms with Crippen LogP contribution in [0.25, 0.3) is 0 Å². The number of anilines is 1. The zero-order valence-electron chi connectivity index (χ0n) is 22.1. The number of urea groups is 1. The first-order chi connectivity index (χ1) is 19.6. The molecule has 17 heteroatoms. The van der Waals surface area contributed by atoms with Crippen LogP contribution < -0.4 is 14.8 Å². The Labute approximate surface area is 237 Å². The zero-order valence-corrected chi connectivity index (χ0v) is 22.9. The second-order valence-electron chi connectivity index (χ2n) is 9.59. The van der Waals surface area contributed by atoms with Gasteiger partial charge in [0.2, 0.25) is 11.5 Å². The van der Waals surface area contributed by atoms with Crippen molar-refractivity contribution in [1.29, 1.82) is 0 Å². The molecule has 2 atom stereocenters. The minimum absolute atomic E-state index is 0.0420. The third-order valence-corrected chi connectivity index (χ3v) is 7.93. The lowest BCUT2D eigenvalue weighted by Gasteiger charge is -2.31. The highest BCUT2D eigenvalue weighted by Gasteiger charge is 2.58. The van der Waals surface area contributed by atoms with Crippen LogP contribution in [-0.2, 0) is 43.1 Å². The average Bonchev–Trinajstić information content (AvgIpc) is 3.38. The van der Waals surface area contributed by atoms with Gasteiger partial charge in [-0.25, -0.2) is 28.3 Å². The molecule has 1 saturated heterocycles. The molecule has 12 nitrogen and oxygen atoms in total. The summed E-state index contributed by atoms with van der Waals surface area (Å²) in [5, 5.41) is 2.32. The van der Waals surface area contributed by atoms with E-state index >= 15 is 0 Å². The second kappa shape index (κ2) is 11.2. The smallest absolute Gasteiger partial charge is 0.418 e. The largest absolute Gasteiger partial charge is 0.427 e. The van der Waals surface area contributed by atoms with E-state index in [1.807, 2.05) is 4.72 Å². The fourth-order valence-electron chi connectivity index (χ4n) is 4.69. The van der Waals surface area contributed by atoms with Gasteiger partial charge in [-0.2, -0.15) is 21.6 Å². The maximum Gasteiger partial charge on any atom is 0.418 e. The van der Waals surface area contributed by atoms with Crippen LogP contribution in [0.1, 0.15) is 30.0 Å². The van der Waals surface area contributed by atoms with Gasteiger partial charge in [-0.05, 0) is 48.7 Å². The highest BCUT2D eigenvalue weighted by atomic mass is 32.2. The fourth-order valence-corrected chi connectivity index (χ4v) is 5.09. The summed E-state index contributed by atoms with van der Waals surface area (Å²) in [6.07, 6.45) is -5.92. The number of hydrogen-bond acceptors (Lipinski definition) is 7. The van der Waals surface area contributed by atoms with E-state index in [9.17, 15) is 45.2 Å². The Morgan fingerprint density at radius 3 is 2.43 bits per heavy atom. The van der Waals surface area contributed by atoms with Crippen LogP contribution in [0.15, 0.2) is 42.5 Å². The van der Waals surface area contributed by atoms with E-state index < -0.39 is 70.9 Å². The molecular formula is C25H25F4N5O7S. The van der Waals surface area contributed by atoms with E-state index in [1.165, 1.54) is 30.3 Å². The molecule has 1 aliphatic heterocycles. The number of rotatable bonds is 8. The van der Waals surface area contributed by atoms with Crippen molar-refractivity contribution >= 4 is 39.8 Å². The molecule has 42 heavy (non-hydrogen) atoms. The molecule has 5 amide bonds. The second-order valence-corrected chi connectivity index (χ2v) is 11.2. The zero-order chi connectivity index (χ0) is 31.0. The van der Waals surface area contributed by atoms with Crippen molar-refractivity contribution in [1.82, 2.24) is 19.2 Å².